The predicted molar refractivity (Wildman–Crippen MR) is 82.6 cm³/mol. The fourth-order valence-corrected chi connectivity index (χ4v) is 3.55. The van der Waals surface area contributed by atoms with Gasteiger partial charge in [-0.25, -0.2) is 0 Å². The number of hydrogen-bond donors (Lipinski definition) is 2. The van der Waals surface area contributed by atoms with Crippen LogP contribution in [0.15, 0.2) is 0 Å². The molecular formula is C16H29N3O2. The molecule has 5 heteroatoms. The molecule has 0 spiro atoms. The van der Waals surface area contributed by atoms with Crippen LogP contribution < -0.4 is 11.1 Å². The summed E-state index contributed by atoms with van der Waals surface area (Å²) in [5, 5.41) is 3.01. The average molecular weight is 295 g/mol. The van der Waals surface area contributed by atoms with E-state index in [0.29, 0.717) is 13.0 Å². The summed E-state index contributed by atoms with van der Waals surface area (Å²) >= 11 is 0. The van der Waals surface area contributed by atoms with Gasteiger partial charge < -0.3 is 16.0 Å². The van der Waals surface area contributed by atoms with Crippen molar-refractivity contribution in [3.63, 3.8) is 0 Å². The molecule has 2 fully saturated rings. The van der Waals surface area contributed by atoms with E-state index in [2.05, 4.69) is 5.32 Å². The molecule has 21 heavy (non-hydrogen) atoms. The molecule has 0 aromatic heterocycles. The van der Waals surface area contributed by atoms with E-state index < -0.39 is 0 Å². The molecule has 5 nitrogen and oxygen atoms in total. The molecule has 0 aromatic rings. The van der Waals surface area contributed by atoms with Gasteiger partial charge in [-0.3, -0.25) is 9.59 Å². The number of nitrogens with one attached hydrogen (secondary N) is 1. The highest BCUT2D eigenvalue weighted by Gasteiger charge is 2.28. The highest BCUT2D eigenvalue weighted by Crippen LogP contribution is 2.25. The second-order valence-electron chi connectivity index (χ2n) is 6.57. The summed E-state index contributed by atoms with van der Waals surface area (Å²) in [6.45, 7) is 3.27. The van der Waals surface area contributed by atoms with Crippen molar-refractivity contribution in [1.29, 1.82) is 0 Å². The van der Waals surface area contributed by atoms with Crippen LogP contribution in [0.4, 0.5) is 0 Å². The van der Waals surface area contributed by atoms with Gasteiger partial charge in [0.2, 0.25) is 11.8 Å². The van der Waals surface area contributed by atoms with Crippen LogP contribution in [-0.4, -0.2) is 41.9 Å². The van der Waals surface area contributed by atoms with E-state index in [1.165, 1.54) is 0 Å². The normalized spacial score (nSPS) is 24.9. The van der Waals surface area contributed by atoms with Crippen LogP contribution in [0.3, 0.4) is 0 Å². The van der Waals surface area contributed by atoms with Gasteiger partial charge in [-0.2, -0.15) is 0 Å². The van der Waals surface area contributed by atoms with E-state index in [9.17, 15) is 9.59 Å². The molecule has 3 N–H and O–H groups in total. The van der Waals surface area contributed by atoms with Crippen LogP contribution in [0.1, 0.15) is 58.3 Å². The summed E-state index contributed by atoms with van der Waals surface area (Å²) in [4.78, 5) is 26.4. The molecule has 0 radical (unpaired) electrons. The van der Waals surface area contributed by atoms with Crippen molar-refractivity contribution in [1.82, 2.24) is 10.2 Å². The average Bonchev–Trinajstić information content (AvgIpc) is 3.01. The summed E-state index contributed by atoms with van der Waals surface area (Å²) < 4.78 is 0. The molecular weight excluding hydrogens is 266 g/mol. The molecule has 2 aliphatic rings. The van der Waals surface area contributed by atoms with Crippen LogP contribution in [-0.2, 0) is 9.59 Å². The zero-order chi connectivity index (χ0) is 15.2. The second-order valence-corrected chi connectivity index (χ2v) is 6.57. The van der Waals surface area contributed by atoms with Gasteiger partial charge in [-0.1, -0.05) is 12.8 Å². The number of nitrogens with two attached hydrogens (primary N) is 1. The molecule has 1 aliphatic carbocycles. The number of rotatable bonds is 5. The molecule has 1 saturated carbocycles. The zero-order valence-electron chi connectivity index (χ0n) is 13.1. The summed E-state index contributed by atoms with van der Waals surface area (Å²) in [5.41, 5.74) is 5.76. The Bertz CT molecular complexity index is 367. The number of hydrogen-bond acceptors (Lipinski definition) is 3. The van der Waals surface area contributed by atoms with E-state index in [1.54, 1.807) is 0 Å². The lowest BCUT2D eigenvalue weighted by atomic mass is 10.0. The lowest BCUT2D eigenvalue weighted by Gasteiger charge is -2.35. The summed E-state index contributed by atoms with van der Waals surface area (Å²) in [6, 6.07) is 0.0925. The Labute approximate surface area is 127 Å². The molecule has 0 bridgehead atoms. The Morgan fingerprint density at radius 3 is 2.52 bits per heavy atom. The SMILES string of the molecule is CC(CC(=O)N1CCCCC1CN)NC(=O)C1CCCC1. The fraction of sp³-hybridized carbons (Fsp3) is 0.875. The van der Waals surface area contributed by atoms with E-state index >= 15 is 0 Å². The van der Waals surface area contributed by atoms with Gasteiger partial charge in [0.05, 0.1) is 0 Å². The van der Waals surface area contributed by atoms with Gasteiger partial charge in [0.15, 0.2) is 0 Å². The fourth-order valence-electron chi connectivity index (χ4n) is 3.55. The maximum atomic E-state index is 12.4. The Hall–Kier alpha value is -1.10. The third-order valence-corrected chi connectivity index (χ3v) is 4.81. The smallest absolute Gasteiger partial charge is 0.224 e. The summed E-state index contributed by atoms with van der Waals surface area (Å²) in [6.07, 6.45) is 7.89. The first-order valence-corrected chi connectivity index (χ1v) is 8.41. The van der Waals surface area contributed by atoms with Crippen LogP contribution in [0.5, 0.6) is 0 Å². The van der Waals surface area contributed by atoms with Crippen molar-refractivity contribution in [2.45, 2.75) is 70.4 Å². The third-order valence-electron chi connectivity index (χ3n) is 4.81. The maximum Gasteiger partial charge on any atom is 0.224 e. The number of piperidine rings is 1. The number of likely N-dealkylation sites (tertiary alicyclic amines) is 1. The number of carbonyl (C=O) groups excluding carboxylic acids is 2. The molecule has 1 aliphatic heterocycles. The second kappa shape index (κ2) is 7.78. The van der Waals surface area contributed by atoms with E-state index in [0.717, 1.165) is 51.5 Å². The Morgan fingerprint density at radius 2 is 1.86 bits per heavy atom. The van der Waals surface area contributed by atoms with Crippen molar-refractivity contribution in [3.8, 4) is 0 Å². The van der Waals surface area contributed by atoms with Crippen LogP contribution in [0.2, 0.25) is 0 Å². The predicted octanol–water partition coefficient (Wildman–Crippen LogP) is 1.41. The third kappa shape index (κ3) is 4.43. The van der Waals surface area contributed by atoms with E-state index in [1.807, 2.05) is 11.8 Å². The Balaban J connectivity index is 1.79. The molecule has 1 heterocycles. The van der Waals surface area contributed by atoms with Gasteiger partial charge >= 0.3 is 0 Å². The molecule has 0 aromatic carbocycles. The summed E-state index contributed by atoms with van der Waals surface area (Å²) in [7, 11) is 0. The molecule has 120 valence electrons. The summed E-state index contributed by atoms with van der Waals surface area (Å²) in [5.74, 6) is 0.417. The molecule has 2 atom stereocenters. The van der Waals surface area contributed by atoms with Gasteiger partial charge in [-0.05, 0) is 39.0 Å². The maximum absolute atomic E-state index is 12.4. The minimum absolute atomic E-state index is 0.0917. The minimum atomic E-state index is -0.0917. The largest absolute Gasteiger partial charge is 0.353 e. The van der Waals surface area contributed by atoms with Crippen molar-refractivity contribution in [2.75, 3.05) is 13.1 Å². The van der Waals surface area contributed by atoms with Crippen LogP contribution >= 0.6 is 0 Å². The number of amides is 2. The van der Waals surface area contributed by atoms with Crippen molar-refractivity contribution in [3.05, 3.63) is 0 Å². The van der Waals surface area contributed by atoms with Crippen molar-refractivity contribution < 1.29 is 9.59 Å². The molecule has 2 amide bonds. The minimum Gasteiger partial charge on any atom is -0.353 e. The Kier molecular flexibility index (Phi) is 6.03. The molecule has 2 unspecified atom stereocenters. The van der Waals surface area contributed by atoms with Crippen LogP contribution in [0, 0.1) is 5.92 Å². The first-order chi connectivity index (χ1) is 10.1. The highest BCUT2D eigenvalue weighted by molar-refractivity contribution is 5.81. The van der Waals surface area contributed by atoms with Gasteiger partial charge in [0.25, 0.3) is 0 Å². The topological polar surface area (TPSA) is 75.4 Å². The zero-order valence-corrected chi connectivity index (χ0v) is 13.1. The number of nitrogens with zero attached hydrogens (tertiary/aromatic N) is 1. The van der Waals surface area contributed by atoms with Gasteiger partial charge in [-0.15, -0.1) is 0 Å². The lowest BCUT2D eigenvalue weighted by Crippen LogP contribution is -2.49. The monoisotopic (exact) mass is 295 g/mol. The molecule has 2 rings (SSSR count). The number of carbonyl (C=O) groups is 2. The lowest BCUT2D eigenvalue weighted by molar-refractivity contribution is -0.135. The standard InChI is InChI=1S/C16H29N3O2/c1-12(18-16(21)13-6-2-3-7-13)10-15(20)19-9-5-4-8-14(19)11-17/h12-14H,2-11,17H2,1H3,(H,18,21). The first kappa shape index (κ1) is 16.3. The highest BCUT2D eigenvalue weighted by atomic mass is 16.2. The Morgan fingerprint density at radius 1 is 1.19 bits per heavy atom. The van der Waals surface area contributed by atoms with E-state index in [-0.39, 0.29) is 29.8 Å². The van der Waals surface area contributed by atoms with Crippen molar-refractivity contribution in [2.24, 2.45) is 11.7 Å². The van der Waals surface area contributed by atoms with Crippen molar-refractivity contribution >= 4 is 11.8 Å². The van der Waals surface area contributed by atoms with Gasteiger partial charge in [0, 0.05) is 37.5 Å². The first-order valence-electron chi connectivity index (χ1n) is 8.41. The van der Waals surface area contributed by atoms with E-state index in [4.69, 9.17) is 5.73 Å². The molecule has 1 saturated heterocycles. The van der Waals surface area contributed by atoms with Gasteiger partial charge in [0.1, 0.15) is 0 Å². The quantitative estimate of drug-likeness (QED) is 0.805. The van der Waals surface area contributed by atoms with Crippen LogP contribution in [0.25, 0.3) is 0 Å².